The highest BCUT2D eigenvalue weighted by Gasteiger charge is 2.42. The van der Waals surface area contributed by atoms with E-state index >= 15 is 0 Å². The number of para-hydroxylation sites is 1. The van der Waals surface area contributed by atoms with Crippen molar-refractivity contribution in [1.82, 2.24) is 19.5 Å². The predicted octanol–water partition coefficient (Wildman–Crippen LogP) is 2.88. The smallest absolute Gasteiger partial charge is 0.164 e. The van der Waals surface area contributed by atoms with Crippen molar-refractivity contribution in [1.29, 1.82) is 0 Å². The van der Waals surface area contributed by atoms with Crippen molar-refractivity contribution >= 4 is 22.5 Å². The first-order valence-corrected chi connectivity index (χ1v) is 9.74. The van der Waals surface area contributed by atoms with Crippen LogP contribution in [0.4, 0.5) is 11.5 Å². The second-order valence-corrected chi connectivity index (χ2v) is 7.29. The maximum atomic E-state index is 10.6. The van der Waals surface area contributed by atoms with Gasteiger partial charge in [-0.1, -0.05) is 24.3 Å². The van der Waals surface area contributed by atoms with E-state index < -0.39 is 24.5 Å². The predicted molar refractivity (Wildman–Crippen MR) is 112 cm³/mol. The number of hydrogen-bond acceptors (Lipinski definition) is 7. The third-order valence-corrected chi connectivity index (χ3v) is 5.34. The van der Waals surface area contributed by atoms with Gasteiger partial charge in [-0.2, -0.15) is 0 Å². The first-order chi connectivity index (χ1) is 14.6. The summed E-state index contributed by atoms with van der Waals surface area (Å²) in [6.07, 6.45) is 1.71. The summed E-state index contributed by atoms with van der Waals surface area (Å²) >= 11 is 0. The molecule has 152 valence electrons. The largest absolute Gasteiger partial charge is 0.388 e. The third kappa shape index (κ3) is 3.11. The molecule has 0 amide bonds. The molecular weight excluding hydrogens is 382 g/mol. The van der Waals surface area contributed by atoms with Gasteiger partial charge in [0, 0.05) is 23.6 Å². The van der Waals surface area contributed by atoms with Crippen molar-refractivity contribution in [2.24, 2.45) is 0 Å². The summed E-state index contributed by atoms with van der Waals surface area (Å²) in [7, 11) is 0. The van der Waals surface area contributed by atoms with Crippen molar-refractivity contribution in [2.45, 2.75) is 31.5 Å². The maximum Gasteiger partial charge on any atom is 0.164 e. The average molecular weight is 403 g/mol. The number of aliphatic hydroxyl groups excluding tert-OH is 2. The summed E-state index contributed by atoms with van der Waals surface area (Å²) in [5.41, 5.74) is 3.01. The van der Waals surface area contributed by atoms with Crippen LogP contribution < -0.4 is 5.32 Å². The number of ether oxygens (including phenoxy) is 1. The number of aromatic nitrogens is 4. The van der Waals surface area contributed by atoms with E-state index in [0.29, 0.717) is 11.5 Å². The molecule has 4 atom stereocenters. The van der Waals surface area contributed by atoms with Crippen LogP contribution in [0.15, 0.2) is 67.3 Å². The lowest BCUT2D eigenvalue weighted by molar-refractivity contribution is -0.0296. The Morgan fingerprint density at radius 1 is 0.967 bits per heavy atom. The van der Waals surface area contributed by atoms with E-state index in [2.05, 4.69) is 20.3 Å². The topological polar surface area (TPSA) is 105 Å². The van der Waals surface area contributed by atoms with Gasteiger partial charge in [0.2, 0.25) is 0 Å². The minimum absolute atomic E-state index is 0.496. The molecule has 1 aliphatic heterocycles. The van der Waals surface area contributed by atoms with Gasteiger partial charge in [0.05, 0.1) is 17.2 Å². The van der Waals surface area contributed by atoms with E-state index in [1.54, 1.807) is 17.7 Å². The normalized spacial score (nSPS) is 23.7. The van der Waals surface area contributed by atoms with Crippen LogP contribution in [0.1, 0.15) is 13.2 Å². The molecule has 1 saturated heterocycles. The number of nitrogens with one attached hydrogen (secondary N) is 1. The molecule has 0 radical (unpaired) electrons. The van der Waals surface area contributed by atoms with E-state index in [4.69, 9.17) is 4.74 Å². The van der Waals surface area contributed by atoms with E-state index in [0.717, 1.165) is 22.3 Å². The van der Waals surface area contributed by atoms with Crippen molar-refractivity contribution in [3.05, 3.63) is 67.3 Å². The first-order valence-electron chi connectivity index (χ1n) is 9.74. The molecule has 1 aromatic carbocycles. The Labute approximate surface area is 172 Å². The van der Waals surface area contributed by atoms with Gasteiger partial charge in [-0.15, -0.1) is 0 Å². The third-order valence-electron chi connectivity index (χ3n) is 5.34. The fraction of sp³-hybridized carbons (Fsp3) is 0.227. The molecule has 0 bridgehead atoms. The highest BCUT2D eigenvalue weighted by Crippen LogP contribution is 2.38. The Kier molecular flexibility index (Phi) is 4.66. The van der Waals surface area contributed by atoms with Gasteiger partial charge in [0.1, 0.15) is 30.0 Å². The SMILES string of the molecule is C[C@H]1O[C@@H](n2cc(-c3ccccn3)c3c(Nc4ccccc4)ncnc32)[C@H](O)[C@@H]1O. The van der Waals surface area contributed by atoms with Crippen LogP contribution in [0.3, 0.4) is 0 Å². The van der Waals surface area contributed by atoms with Crippen LogP contribution in [0.25, 0.3) is 22.3 Å². The van der Waals surface area contributed by atoms with E-state index in [9.17, 15) is 10.2 Å². The van der Waals surface area contributed by atoms with Crippen LogP contribution in [0, 0.1) is 0 Å². The molecule has 0 saturated carbocycles. The summed E-state index contributed by atoms with van der Waals surface area (Å²) in [5.74, 6) is 0.617. The summed E-state index contributed by atoms with van der Waals surface area (Å²) in [4.78, 5) is 13.4. The van der Waals surface area contributed by atoms with Crippen molar-refractivity contribution < 1.29 is 14.9 Å². The molecule has 0 aliphatic carbocycles. The maximum absolute atomic E-state index is 10.6. The molecule has 8 heteroatoms. The number of rotatable bonds is 4. The second-order valence-electron chi connectivity index (χ2n) is 7.29. The fourth-order valence-electron chi connectivity index (χ4n) is 3.81. The number of hydrogen-bond donors (Lipinski definition) is 3. The molecule has 3 N–H and O–H groups in total. The van der Waals surface area contributed by atoms with E-state index in [-0.39, 0.29) is 0 Å². The zero-order valence-electron chi connectivity index (χ0n) is 16.3. The Hall–Kier alpha value is -3.33. The van der Waals surface area contributed by atoms with Crippen molar-refractivity contribution in [3.8, 4) is 11.3 Å². The standard InChI is InChI=1S/C22H21N5O3/c1-13-18(28)19(29)22(30-13)27-11-15(16-9-5-6-10-23-16)17-20(24-12-25-21(17)27)26-14-7-3-2-4-8-14/h2-13,18-19,22,28-29H,1H3,(H,24,25,26)/t13-,18-,19-,22-/m1/s1. The quantitative estimate of drug-likeness (QED) is 0.481. The minimum Gasteiger partial charge on any atom is -0.388 e. The highest BCUT2D eigenvalue weighted by atomic mass is 16.6. The van der Waals surface area contributed by atoms with E-state index in [1.807, 2.05) is 54.7 Å². The molecule has 0 unspecified atom stereocenters. The average Bonchev–Trinajstić information content (AvgIpc) is 3.29. The van der Waals surface area contributed by atoms with Crippen molar-refractivity contribution in [2.75, 3.05) is 5.32 Å². The Morgan fingerprint density at radius 3 is 2.47 bits per heavy atom. The number of nitrogens with zero attached hydrogens (tertiary/aromatic N) is 4. The van der Waals surface area contributed by atoms with Gasteiger partial charge in [-0.25, -0.2) is 9.97 Å². The molecular formula is C22H21N5O3. The number of fused-ring (bicyclic) bond motifs is 1. The zero-order chi connectivity index (χ0) is 20.7. The Balaban J connectivity index is 1.70. The minimum atomic E-state index is -1.08. The molecule has 8 nitrogen and oxygen atoms in total. The number of anilines is 2. The summed E-state index contributed by atoms with van der Waals surface area (Å²) < 4.78 is 7.59. The van der Waals surface area contributed by atoms with Crippen LogP contribution in [0.2, 0.25) is 0 Å². The van der Waals surface area contributed by atoms with E-state index in [1.165, 1.54) is 6.33 Å². The summed E-state index contributed by atoms with van der Waals surface area (Å²) in [5, 5.41) is 24.9. The van der Waals surface area contributed by atoms with Gasteiger partial charge >= 0.3 is 0 Å². The second kappa shape index (κ2) is 7.49. The molecule has 1 fully saturated rings. The molecule has 1 aliphatic rings. The molecule has 3 aromatic heterocycles. The van der Waals surface area contributed by atoms with Gasteiger partial charge in [-0.05, 0) is 31.2 Å². The lowest BCUT2D eigenvalue weighted by Gasteiger charge is -2.17. The lowest BCUT2D eigenvalue weighted by Crippen LogP contribution is -2.30. The van der Waals surface area contributed by atoms with Crippen LogP contribution in [0.5, 0.6) is 0 Å². The number of benzene rings is 1. The first kappa shape index (κ1) is 18.7. The lowest BCUT2D eigenvalue weighted by atomic mass is 10.1. The van der Waals surface area contributed by atoms with Crippen molar-refractivity contribution in [3.63, 3.8) is 0 Å². The monoisotopic (exact) mass is 403 g/mol. The molecule has 0 spiro atoms. The molecule has 5 rings (SSSR count). The fourth-order valence-corrected chi connectivity index (χ4v) is 3.81. The molecule has 4 aromatic rings. The van der Waals surface area contributed by atoms with Gasteiger partial charge in [0.15, 0.2) is 6.23 Å². The summed E-state index contributed by atoms with van der Waals surface area (Å²) in [6.45, 7) is 1.73. The molecule has 30 heavy (non-hydrogen) atoms. The van der Waals surface area contributed by atoms with Crippen LogP contribution in [-0.4, -0.2) is 48.0 Å². The Bertz CT molecular complexity index is 1170. The van der Waals surface area contributed by atoms with Gasteiger partial charge in [0.25, 0.3) is 0 Å². The Morgan fingerprint density at radius 2 is 1.77 bits per heavy atom. The number of aliphatic hydroxyl groups is 2. The zero-order valence-corrected chi connectivity index (χ0v) is 16.3. The summed E-state index contributed by atoms with van der Waals surface area (Å²) in [6, 6.07) is 15.4. The number of pyridine rings is 1. The van der Waals surface area contributed by atoms with Gasteiger partial charge in [-0.3, -0.25) is 4.98 Å². The highest BCUT2D eigenvalue weighted by molar-refractivity contribution is 6.01. The van der Waals surface area contributed by atoms with Crippen LogP contribution in [-0.2, 0) is 4.74 Å². The van der Waals surface area contributed by atoms with Crippen LogP contribution >= 0.6 is 0 Å². The van der Waals surface area contributed by atoms with Gasteiger partial charge < -0.3 is 24.8 Å². The molecule has 4 heterocycles.